The maximum absolute atomic E-state index is 13.2. The number of likely N-dealkylation sites (tertiary alicyclic amines) is 1. The highest BCUT2D eigenvalue weighted by Crippen LogP contribution is 2.22. The molecule has 0 radical (unpaired) electrons. The summed E-state index contributed by atoms with van der Waals surface area (Å²) < 4.78 is 0. The zero-order chi connectivity index (χ0) is 22.5. The van der Waals surface area contributed by atoms with E-state index in [0.717, 1.165) is 18.4 Å². The maximum Gasteiger partial charge on any atom is 0.253 e. The number of hydrogen-bond donors (Lipinski definition) is 0. The van der Waals surface area contributed by atoms with Crippen LogP contribution in [0.25, 0.3) is 0 Å². The minimum absolute atomic E-state index is 0.0105. The van der Waals surface area contributed by atoms with E-state index in [9.17, 15) is 14.4 Å². The monoisotopic (exact) mass is 433 g/mol. The standard InChI is InChI=1S/C26H31N3O3/c1-2-20-10-12-22(13-11-20)25(31)27-15-17-28(18-16-27)26(32)23-9-6-14-29(23)24(30)19-21-7-4-3-5-8-21/h3-5,7-8,10-13,23H,2,6,9,14-19H2,1H3. The minimum atomic E-state index is -0.380. The van der Waals surface area contributed by atoms with Gasteiger partial charge in [0, 0.05) is 38.3 Å². The average Bonchev–Trinajstić information content (AvgIpc) is 3.34. The Morgan fingerprint density at radius 2 is 1.47 bits per heavy atom. The highest BCUT2D eigenvalue weighted by molar-refractivity contribution is 5.94. The number of benzene rings is 2. The topological polar surface area (TPSA) is 60.9 Å². The molecule has 2 heterocycles. The van der Waals surface area contributed by atoms with Gasteiger partial charge in [0.05, 0.1) is 6.42 Å². The van der Waals surface area contributed by atoms with Crippen LogP contribution >= 0.6 is 0 Å². The summed E-state index contributed by atoms with van der Waals surface area (Å²) in [6.07, 6.45) is 2.83. The van der Waals surface area contributed by atoms with Gasteiger partial charge in [-0.3, -0.25) is 14.4 Å². The fourth-order valence-corrected chi connectivity index (χ4v) is 4.60. The summed E-state index contributed by atoms with van der Waals surface area (Å²) in [5.41, 5.74) is 2.87. The Bertz CT molecular complexity index is 950. The molecule has 168 valence electrons. The van der Waals surface area contributed by atoms with Crippen LogP contribution < -0.4 is 0 Å². The van der Waals surface area contributed by atoms with E-state index in [4.69, 9.17) is 0 Å². The molecule has 0 aliphatic carbocycles. The molecule has 2 saturated heterocycles. The molecule has 6 heteroatoms. The van der Waals surface area contributed by atoms with Gasteiger partial charge in [0.15, 0.2) is 0 Å². The van der Waals surface area contributed by atoms with Crippen LogP contribution in [0.15, 0.2) is 54.6 Å². The third-order valence-electron chi connectivity index (χ3n) is 6.54. The fraction of sp³-hybridized carbons (Fsp3) is 0.423. The van der Waals surface area contributed by atoms with Gasteiger partial charge in [0.1, 0.15) is 6.04 Å². The van der Waals surface area contributed by atoms with E-state index in [1.807, 2.05) is 64.4 Å². The lowest BCUT2D eigenvalue weighted by atomic mass is 10.1. The Morgan fingerprint density at radius 3 is 2.12 bits per heavy atom. The van der Waals surface area contributed by atoms with Crippen molar-refractivity contribution in [2.24, 2.45) is 0 Å². The van der Waals surface area contributed by atoms with Gasteiger partial charge in [0.25, 0.3) is 5.91 Å². The number of hydrogen-bond acceptors (Lipinski definition) is 3. The molecule has 2 aliphatic heterocycles. The molecular formula is C26H31N3O3. The molecule has 2 fully saturated rings. The largest absolute Gasteiger partial charge is 0.337 e. The summed E-state index contributed by atoms with van der Waals surface area (Å²) in [6, 6.07) is 17.0. The van der Waals surface area contributed by atoms with Crippen LogP contribution in [0.3, 0.4) is 0 Å². The van der Waals surface area contributed by atoms with Crippen molar-refractivity contribution in [1.82, 2.24) is 14.7 Å². The van der Waals surface area contributed by atoms with Crippen LogP contribution in [0.4, 0.5) is 0 Å². The average molecular weight is 434 g/mol. The predicted octanol–water partition coefficient (Wildman–Crippen LogP) is 2.77. The summed E-state index contributed by atoms with van der Waals surface area (Å²) >= 11 is 0. The molecule has 0 aromatic heterocycles. The van der Waals surface area contributed by atoms with Crippen LogP contribution in [-0.2, 0) is 22.4 Å². The molecule has 2 aromatic rings. The number of amides is 3. The van der Waals surface area contributed by atoms with E-state index in [0.29, 0.717) is 51.1 Å². The molecule has 3 amide bonds. The molecule has 1 unspecified atom stereocenters. The second kappa shape index (κ2) is 9.98. The van der Waals surface area contributed by atoms with E-state index >= 15 is 0 Å². The quantitative estimate of drug-likeness (QED) is 0.729. The molecule has 2 aromatic carbocycles. The van der Waals surface area contributed by atoms with E-state index < -0.39 is 0 Å². The van der Waals surface area contributed by atoms with Crippen LogP contribution in [0.2, 0.25) is 0 Å². The number of carbonyl (C=O) groups is 3. The Hall–Kier alpha value is -3.15. The van der Waals surface area contributed by atoms with Crippen molar-refractivity contribution < 1.29 is 14.4 Å². The van der Waals surface area contributed by atoms with Crippen LogP contribution in [0, 0.1) is 0 Å². The first kappa shape index (κ1) is 22.1. The Labute approximate surface area is 189 Å². The number of aryl methyl sites for hydroxylation is 1. The van der Waals surface area contributed by atoms with Gasteiger partial charge in [0.2, 0.25) is 11.8 Å². The zero-order valence-electron chi connectivity index (χ0n) is 18.7. The van der Waals surface area contributed by atoms with Crippen molar-refractivity contribution in [1.29, 1.82) is 0 Å². The number of carbonyl (C=O) groups excluding carboxylic acids is 3. The van der Waals surface area contributed by atoms with Crippen molar-refractivity contribution in [3.8, 4) is 0 Å². The fourth-order valence-electron chi connectivity index (χ4n) is 4.60. The van der Waals surface area contributed by atoms with Gasteiger partial charge < -0.3 is 14.7 Å². The summed E-state index contributed by atoms with van der Waals surface area (Å²) in [4.78, 5) is 44.3. The first-order valence-corrected chi connectivity index (χ1v) is 11.6. The van der Waals surface area contributed by atoms with Crippen molar-refractivity contribution in [2.75, 3.05) is 32.7 Å². The Kier molecular flexibility index (Phi) is 6.88. The minimum Gasteiger partial charge on any atom is -0.337 e. The predicted molar refractivity (Wildman–Crippen MR) is 123 cm³/mol. The second-order valence-corrected chi connectivity index (χ2v) is 8.58. The number of rotatable bonds is 5. The lowest BCUT2D eigenvalue weighted by Gasteiger charge is -2.37. The molecule has 6 nitrogen and oxygen atoms in total. The molecule has 0 spiro atoms. The summed E-state index contributed by atoms with van der Waals surface area (Å²) in [5.74, 6) is 0.0417. The summed E-state index contributed by atoms with van der Waals surface area (Å²) in [6.45, 7) is 4.78. The number of piperazine rings is 1. The Morgan fingerprint density at radius 1 is 0.812 bits per heavy atom. The second-order valence-electron chi connectivity index (χ2n) is 8.58. The summed E-state index contributed by atoms with van der Waals surface area (Å²) in [7, 11) is 0. The van der Waals surface area contributed by atoms with Crippen molar-refractivity contribution in [3.05, 3.63) is 71.3 Å². The van der Waals surface area contributed by atoms with Crippen molar-refractivity contribution in [3.63, 3.8) is 0 Å². The van der Waals surface area contributed by atoms with Crippen LogP contribution in [-0.4, -0.2) is 71.2 Å². The van der Waals surface area contributed by atoms with Crippen molar-refractivity contribution >= 4 is 17.7 Å². The first-order chi connectivity index (χ1) is 15.6. The maximum atomic E-state index is 13.2. The van der Waals surface area contributed by atoms with Gasteiger partial charge >= 0.3 is 0 Å². The van der Waals surface area contributed by atoms with Crippen LogP contribution in [0.1, 0.15) is 41.3 Å². The van der Waals surface area contributed by atoms with E-state index in [1.54, 1.807) is 4.90 Å². The normalized spacial score (nSPS) is 18.7. The van der Waals surface area contributed by atoms with Gasteiger partial charge in [-0.05, 0) is 42.5 Å². The van der Waals surface area contributed by atoms with Gasteiger partial charge in [-0.15, -0.1) is 0 Å². The van der Waals surface area contributed by atoms with Gasteiger partial charge in [-0.1, -0.05) is 49.4 Å². The Balaban J connectivity index is 1.33. The smallest absolute Gasteiger partial charge is 0.253 e. The first-order valence-electron chi connectivity index (χ1n) is 11.6. The molecule has 0 bridgehead atoms. The van der Waals surface area contributed by atoms with E-state index in [1.165, 1.54) is 5.56 Å². The van der Waals surface area contributed by atoms with Gasteiger partial charge in [-0.2, -0.15) is 0 Å². The highest BCUT2D eigenvalue weighted by Gasteiger charge is 2.37. The SMILES string of the molecule is CCc1ccc(C(=O)N2CCN(C(=O)C3CCCN3C(=O)Cc3ccccc3)CC2)cc1. The summed E-state index contributed by atoms with van der Waals surface area (Å²) in [5, 5.41) is 0. The molecule has 0 N–H and O–H groups in total. The molecule has 1 atom stereocenters. The lowest BCUT2D eigenvalue weighted by molar-refractivity contribution is -0.144. The van der Waals surface area contributed by atoms with Gasteiger partial charge in [-0.25, -0.2) is 0 Å². The third kappa shape index (κ3) is 4.85. The van der Waals surface area contributed by atoms with E-state index in [2.05, 4.69) is 6.92 Å². The van der Waals surface area contributed by atoms with E-state index in [-0.39, 0.29) is 23.8 Å². The van der Waals surface area contributed by atoms with Crippen LogP contribution in [0.5, 0.6) is 0 Å². The highest BCUT2D eigenvalue weighted by atomic mass is 16.2. The number of nitrogens with zero attached hydrogens (tertiary/aromatic N) is 3. The molecule has 0 saturated carbocycles. The zero-order valence-corrected chi connectivity index (χ0v) is 18.7. The molecule has 4 rings (SSSR count). The van der Waals surface area contributed by atoms with Crippen molar-refractivity contribution in [2.45, 2.75) is 38.6 Å². The third-order valence-corrected chi connectivity index (χ3v) is 6.54. The molecular weight excluding hydrogens is 402 g/mol. The lowest BCUT2D eigenvalue weighted by Crippen LogP contribution is -2.55. The molecule has 2 aliphatic rings. The molecule has 32 heavy (non-hydrogen) atoms.